The number of carbonyl (C=O) groups excluding carboxylic acids is 1. The molecule has 2 N–H and O–H groups in total. The number of halogens is 1. The van der Waals surface area contributed by atoms with Crippen LogP contribution in [0.5, 0.6) is 0 Å². The zero-order valence-electron chi connectivity index (χ0n) is 16.5. The van der Waals surface area contributed by atoms with Gasteiger partial charge in [-0.25, -0.2) is 18.1 Å². The van der Waals surface area contributed by atoms with E-state index in [1.165, 1.54) is 24.6 Å². The second-order valence-electron chi connectivity index (χ2n) is 7.32. The van der Waals surface area contributed by atoms with Crippen molar-refractivity contribution in [2.75, 3.05) is 23.3 Å². The number of hydrogen-bond acceptors (Lipinski definition) is 5. The fourth-order valence-electron chi connectivity index (χ4n) is 3.19. The number of pyridine rings is 1. The molecule has 0 unspecified atom stereocenters. The molecule has 0 atom stereocenters. The smallest absolute Gasteiger partial charge is 0.257 e. The molecule has 1 aromatic heterocycles. The molecule has 1 amide bonds. The van der Waals surface area contributed by atoms with Crippen LogP contribution in [0.2, 0.25) is 5.02 Å². The lowest BCUT2D eigenvalue weighted by Crippen LogP contribution is -2.30. The zero-order valence-corrected chi connectivity index (χ0v) is 18.1. The third-order valence-corrected chi connectivity index (χ3v) is 6.56. The molecule has 0 saturated carbocycles. The van der Waals surface area contributed by atoms with Crippen LogP contribution in [0, 0.1) is 0 Å². The summed E-state index contributed by atoms with van der Waals surface area (Å²) in [4.78, 5) is 19.3. The molecule has 29 heavy (non-hydrogen) atoms. The summed E-state index contributed by atoms with van der Waals surface area (Å²) in [6, 6.07) is 7.44. The summed E-state index contributed by atoms with van der Waals surface area (Å²) in [6.45, 7) is 5.42. The minimum Gasteiger partial charge on any atom is -0.357 e. The molecule has 1 aliphatic rings. The Hall–Kier alpha value is -2.16. The first-order valence-corrected chi connectivity index (χ1v) is 11.5. The van der Waals surface area contributed by atoms with E-state index in [2.05, 4.69) is 19.9 Å². The molecule has 2 heterocycles. The van der Waals surface area contributed by atoms with Crippen LogP contribution >= 0.6 is 11.6 Å². The SMILES string of the molecule is CC(C)NS(=O)(=O)c1ccc(Cl)c(C(=O)Nc2ccc(N3CCCCC3)nc2)c1. The maximum atomic E-state index is 12.7. The van der Waals surface area contributed by atoms with Gasteiger partial charge < -0.3 is 10.2 Å². The van der Waals surface area contributed by atoms with Crippen LogP contribution in [0.1, 0.15) is 43.5 Å². The van der Waals surface area contributed by atoms with Gasteiger partial charge >= 0.3 is 0 Å². The number of nitrogens with zero attached hydrogens (tertiary/aromatic N) is 2. The number of piperidine rings is 1. The van der Waals surface area contributed by atoms with Gasteiger partial charge in [-0.3, -0.25) is 4.79 Å². The largest absolute Gasteiger partial charge is 0.357 e. The standard InChI is InChI=1S/C20H25ClN4O3S/c1-14(2)24-29(27,28)16-7-8-18(21)17(12-16)20(26)23-15-6-9-19(22-13-15)25-10-4-3-5-11-25/h6-9,12-14,24H,3-5,10-11H2,1-2H3,(H,23,26). The molecule has 1 fully saturated rings. The molecule has 2 aromatic rings. The number of benzene rings is 1. The van der Waals surface area contributed by atoms with E-state index in [0.717, 1.165) is 31.7 Å². The number of hydrogen-bond donors (Lipinski definition) is 2. The molecule has 0 radical (unpaired) electrons. The average molecular weight is 437 g/mol. The summed E-state index contributed by atoms with van der Waals surface area (Å²) in [7, 11) is -3.73. The molecule has 0 bridgehead atoms. The third-order valence-electron chi connectivity index (χ3n) is 4.57. The van der Waals surface area contributed by atoms with Gasteiger partial charge in [0.25, 0.3) is 5.91 Å². The van der Waals surface area contributed by atoms with Gasteiger partial charge in [0.15, 0.2) is 0 Å². The number of amides is 1. The van der Waals surface area contributed by atoms with Crippen LogP contribution < -0.4 is 14.9 Å². The number of anilines is 2. The Labute approximate surface area is 176 Å². The van der Waals surface area contributed by atoms with E-state index in [1.807, 2.05) is 6.07 Å². The van der Waals surface area contributed by atoms with E-state index in [0.29, 0.717) is 5.69 Å². The van der Waals surface area contributed by atoms with Gasteiger partial charge in [-0.15, -0.1) is 0 Å². The zero-order chi connectivity index (χ0) is 21.0. The number of aromatic nitrogens is 1. The number of rotatable bonds is 6. The van der Waals surface area contributed by atoms with E-state index in [4.69, 9.17) is 11.6 Å². The van der Waals surface area contributed by atoms with Gasteiger partial charge in [0.2, 0.25) is 10.0 Å². The Morgan fingerprint density at radius 1 is 1.14 bits per heavy atom. The van der Waals surface area contributed by atoms with Crippen molar-refractivity contribution < 1.29 is 13.2 Å². The second-order valence-corrected chi connectivity index (χ2v) is 9.45. The summed E-state index contributed by atoms with van der Waals surface area (Å²) in [6.07, 6.45) is 5.15. The van der Waals surface area contributed by atoms with Gasteiger partial charge in [0.1, 0.15) is 5.82 Å². The normalized spacial score (nSPS) is 14.8. The van der Waals surface area contributed by atoms with Crippen molar-refractivity contribution in [1.82, 2.24) is 9.71 Å². The molecule has 3 rings (SSSR count). The Morgan fingerprint density at radius 2 is 1.86 bits per heavy atom. The van der Waals surface area contributed by atoms with Crippen LogP contribution in [-0.4, -0.2) is 38.4 Å². The first-order valence-electron chi connectivity index (χ1n) is 9.60. The fourth-order valence-corrected chi connectivity index (χ4v) is 4.67. The Kier molecular flexibility index (Phi) is 6.77. The quantitative estimate of drug-likeness (QED) is 0.720. The van der Waals surface area contributed by atoms with E-state index < -0.39 is 15.9 Å². The van der Waals surface area contributed by atoms with E-state index in [9.17, 15) is 13.2 Å². The summed E-state index contributed by atoms with van der Waals surface area (Å²) < 4.78 is 27.2. The minimum absolute atomic E-state index is 0.0145. The van der Waals surface area contributed by atoms with Crippen LogP contribution in [-0.2, 0) is 10.0 Å². The maximum Gasteiger partial charge on any atom is 0.257 e. The summed E-state index contributed by atoms with van der Waals surface area (Å²) in [5.41, 5.74) is 0.596. The number of sulfonamides is 1. The van der Waals surface area contributed by atoms with Crippen molar-refractivity contribution in [1.29, 1.82) is 0 Å². The molecule has 156 valence electrons. The van der Waals surface area contributed by atoms with E-state index in [-0.39, 0.29) is 21.5 Å². The van der Waals surface area contributed by atoms with Gasteiger partial charge in [0, 0.05) is 19.1 Å². The minimum atomic E-state index is -3.73. The highest BCUT2D eigenvalue weighted by molar-refractivity contribution is 7.89. The van der Waals surface area contributed by atoms with Crippen molar-refractivity contribution in [3.05, 3.63) is 47.1 Å². The highest BCUT2D eigenvalue weighted by atomic mass is 35.5. The molecule has 1 aromatic carbocycles. The molecular formula is C20H25ClN4O3S. The van der Waals surface area contributed by atoms with Gasteiger partial charge in [-0.05, 0) is 63.4 Å². The molecular weight excluding hydrogens is 412 g/mol. The van der Waals surface area contributed by atoms with Gasteiger partial charge in [0.05, 0.1) is 27.4 Å². The average Bonchev–Trinajstić information content (AvgIpc) is 2.68. The maximum absolute atomic E-state index is 12.7. The third kappa shape index (κ3) is 5.46. The predicted molar refractivity (Wildman–Crippen MR) is 115 cm³/mol. The van der Waals surface area contributed by atoms with E-state index >= 15 is 0 Å². The van der Waals surface area contributed by atoms with E-state index in [1.54, 1.807) is 26.1 Å². The highest BCUT2D eigenvalue weighted by Crippen LogP contribution is 2.23. The molecule has 0 spiro atoms. The summed E-state index contributed by atoms with van der Waals surface area (Å²) >= 11 is 6.14. The molecule has 0 aliphatic carbocycles. The fraction of sp³-hybridized carbons (Fsp3) is 0.400. The summed E-state index contributed by atoms with van der Waals surface area (Å²) in [5.74, 6) is 0.387. The van der Waals surface area contributed by atoms with Crippen LogP contribution in [0.15, 0.2) is 41.4 Å². The van der Waals surface area contributed by atoms with Crippen molar-refractivity contribution in [3.63, 3.8) is 0 Å². The van der Waals surface area contributed by atoms with Gasteiger partial charge in [-0.1, -0.05) is 11.6 Å². The number of nitrogens with one attached hydrogen (secondary N) is 2. The molecule has 7 nitrogen and oxygen atoms in total. The lowest BCUT2D eigenvalue weighted by atomic mass is 10.1. The monoisotopic (exact) mass is 436 g/mol. The Bertz CT molecular complexity index is 972. The van der Waals surface area contributed by atoms with Crippen molar-refractivity contribution >= 4 is 39.0 Å². The Balaban J connectivity index is 1.75. The first-order chi connectivity index (χ1) is 13.8. The lowest BCUT2D eigenvalue weighted by Gasteiger charge is -2.27. The lowest BCUT2D eigenvalue weighted by molar-refractivity contribution is 0.102. The number of carbonyl (C=O) groups is 1. The second kappa shape index (κ2) is 9.11. The molecule has 1 aliphatic heterocycles. The topological polar surface area (TPSA) is 91.4 Å². The molecule has 1 saturated heterocycles. The highest BCUT2D eigenvalue weighted by Gasteiger charge is 2.20. The van der Waals surface area contributed by atoms with Crippen molar-refractivity contribution in [2.24, 2.45) is 0 Å². The van der Waals surface area contributed by atoms with Crippen molar-refractivity contribution in [2.45, 2.75) is 44.0 Å². The van der Waals surface area contributed by atoms with Crippen LogP contribution in [0.25, 0.3) is 0 Å². The Morgan fingerprint density at radius 3 is 2.48 bits per heavy atom. The van der Waals surface area contributed by atoms with Crippen molar-refractivity contribution in [3.8, 4) is 0 Å². The summed E-state index contributed by atoms with van der Waals surface area (Å²) in [5, 5.41) is 2.90. The van der Waals surface area contributed by atoms with Gasteiger partial charge in [-0.2, -0.15) is 0 Å². The predicted octanol–water partition coefficient (Wildman–Crippen LogP) is 3.66. The van der Waals surface area contributed by atoms with Crippen LogP contribution in [0.4, 0.5) is 11.5 Å². The molecule has 9 heteroatoms. The first kappa shape index (κ1) is 21.5. The van der Waals surface area contributed by atoms with Crippen LogP contribution in [0.3, 0.4) is 0 Å².